The fourth-order valence-corrected chi connectivity index (χ4v) is 1.72. The molecule has 0 aliphatic rings. The summed E-state index contributed by atoms with van der Waals surface area (Å²) in [7, 11) is 0. The number of phenolic OH excluding ortho intramolecular Hbond substituents is 2. The molecule has 6 heteroatoms. The molecule has 2 rings (SSSR count). The highest BCUT2D eigenvalue weighted by Crippen LogP contribution is 2.23. The normalized spacial score (nSPS) is 11.0. The number of carbonyl (C=O) groups is 1. The number of carbonyl (C=O) groups excluding carboxylic acids is 1. The van der Waals surface area contributed by atoms with E-state index in [-0.39, 0.29) is 17.2 Å². The molecule has 0 atom stereocenters. The maximum Gasteiger partial charge on any atom is 0.343 e. The first-order chi connectivity index (χ1) is 10.4. The van der Waals surface area contributed by atoms with E-state index in [4.69, 9.17) is 16.2 Å². The fraction of sp³-hybridized carbons (Fsp3) is 0.0625. The number of hydrogen-bond donors (Lipinski definition) is 4. The average Bonchev–Trinajstić information content (AvgIpc) is 2.46. The lowest BCUT2D eigenvalue weighted by Crippen LogP contribution is -2.42. The van der Waals surface area contributed by atoms with Gasteiger partial charge < -0.3 is 26.4 Å². The minimum Gasteiger partial charge on any atom is -0.508 e. The van der Waals surface area contributed by atoms with Crippen LogP contribution in [0.25, 0.3) is 12.2 Å². The van der Waals surface area contributed by atoms with Crippen molar-refractivity contribution in [2.24, 2.45) is 11.5 Å². The molecule has 0 spiro atoms. The number of aromatic hydroxyl groups is 2. The van der Waals surface area contributed by atoms with Crippen LogP contribution in [0.2, 0.25) is 0 Å². The predicted octanol–water partition coefficient (Wildman–Crippen LogP) is 1.42. The van der Waals surface area contributed by atoms with Gasteiger partial charge in [-0.2, -0.15) is 0 Å². The minimum atomic E-state index is -1.24. The van der Waals surface area contributed by atoms with Gasteiger partial charge in [0.25, 0.3) is 0 Å². The summed E-state index contributed by atoms with van der Waals surface area (Å²) in [6, 6.07) is 11.0. The Morgan fingerprint density at radius 1 is 0.955 bits per heavy atom. The minimum absolute atomic E-state index is 0.0544. The Bertz CT molecular complexity index is 694. The molecule has 0 aliphatic carbocycles. The molecule has 0 unspecified atom stereocenters. The van der Waals surface area contributed by atoms with Crippen molar-refractivity contribution in [3.63, 3.8) is 0 Å². The van der Waals surface area contributed by atoms with E-state index in [9.17, 15) is 15.0 Å². The zero-order valence-corrected chi connectivity index (χ0v) is 11.6. The van der Waals surface area contributed by atoms with Crippen LogP contribution in [-0.2, 0) is 4.79 Å². The van der Waals surface area contributed by atoms with Crippen molar-refractivity contribution in [2.75, 3.05) is 0 Å². The Morgan fingerprint density at radius 2 is 1.59 bits per heavy atom. The van der Waals surface area contributed by atoms with Gasteiger partial charge in [0.1, 0.15) is 17.2 Å². The average molecular weight is 300 g/mol. The molecule has 0 heterocycles. The molecule has 0 radical (unpaired) electrons. The third-order valence-electron chi connectivity index (χ3n) is 2.77. The summed E-state index contributed by atoms with van der Waals surface area (Å²) in [4.78, 5) is 11.4. The smallest absolute Gasteiger partial charge is 0.343 e. The summed E-state index contributed by atoms with van der Waals surface area (Å²) in [6.07, 6.45) is 2.28. The first-order valence-electron chi connectivity index (χ1n) is 6.48. The summed E-state index contributed by atoms with van der Waals surface area (Å²) >= 11 is 0. The summed E-state index contributed by atoms with van der Waals surface area (Å²) in [6.45, 7) is 0. The number of nitrogens with two attached hydrogens (primary N) is 2. The van der Waals surface area contributed by atoms with Crippen molar-refractivity contribution in [1.29, 1.82) is 0 Å². The first-order valence-corrected chi connectivity index (χ1v) is 6.48. The standard InChI is InChI=1S/C16H16N2O4/c17-15(18)16(21)22-14-8-11(7-13(20)9-14)2-1-10-3-5-12(19)6-4-10/h1-9,15,19-20H,17-18H2/b2-1+. The lowest BCUT2D eigenvalue weighted by Gasteiger charge is -2.08. The molecule has 0 amide bonds. The van der Waals surface area contributed by atoms with Gasteiger partial charge in [-0.25, -0.2) is 4.79 Å². The summed E-state index contributed by atoms with van der Waals surface area (Å²) in [5, 5.41) is 18.9. The van der Waals surface area contributed by atoms with Crippen LogP contribution < -0.4 is 16.2 Å². The third kappa shape index (κ3) is 4.34. The van der Waals surface area contributed by atoms with Gasteiger partial charge in [-0.15, -0.1) is 0 Å². The quantitative estimate of drug-likeness (QED) is 0.293. The van der Waals surface area contributed by atoms with Crippen molar-refractivity contribution in [2.45, 2.75) is 6.17 Å². The second-order valence-corrected chi connectivity index (χ2v) is 4.63. The molecule has 0 saturated carbocycles. The molecule has 0 fully saturated rings. The summed E-state index contributed by atoms with van der Waals surface area (Å²) < 4.78 is 4.95. The lowest BCUT2D eigenvalue weighted by molar-refractivity contribution is -0.135. The maximum atomic E-state index is 11.4. The van der Waals surface area contributed by atoms with Crippen LogP contribution >= 0.6 is 0 Å². The van der Waals surface area contributed by atoms with E-state index < -0.39 is 12.1 Å². The summed E-state index contributed by atoms with van der Waals surface area (Å²) in [5.74, 6) is -0.515. The second kappa shape index (κ2) is 6.75. The number of phenols is 2. The molecule has 114 valence electrons. The van der Waals surface area contributed by atoms with Gasteiger partial charge in [0, 0.05) is 6.07 Å². The number of rotatable bonds is 4. The van der Waals surface area contributed by atoms with Gasteiger partial charge in [-0.1, -0.05) is 24.3 Å². The van der Waals surface area contributed by atoms with Crippen LogP contribution in [0.3, 0.4) is 0 Å². The van der Waals surface area contributed by atoms with Crippen LogP contribution in [0.4, 0.5) is 0 Å². The Morgan fingerprint density at radius 3 is 2.23 bits per heavy atom. The Hall–Kier alpha value is -2.83. The van der Waals surface area contributed by atoms with Crippen molar-refractivity contribution in [3.8, 4) is 17.2 Å². The molecule has 0 saturated heterocycles. The van der Waals surface area contributed by atoms with Crippen LogP contribution in [0.5, 0.6) is 17.2 Å². The van der Waals surface area contributed by atoms with Gasteiger partial charge >= 0.3 is 5.97 Å². The van der Waals surface area contributed by atoms with Crippen LogP contribution in [0, 0.1) is 0 Å². The fourth-order valence-electron chi connectivity index (χ4n) is 1.72. The van der Waals surface area contributed by atoms with Gasteiger partial charge in [0.15, 0.2) is 6.17 Å². The summed E-state index contributed by atoms with van der Waals surface area (Å²) in [5.41, 5.74) is 11.9. The molecule has 6 nitrogen and oxygen atoms in total. The number of hydrogen-bond acceptors (Lipinski definition) is 6. The van der Waals surface area contributed by atoms with E-state index in [0.717, 1.165) is 5.56 Å². The largest absolute Gasteiger partial charge is 0.508 e. The number of ether oxygens (including phenoxy) is 1. The van der Waals surface area contributed by atoms with Crippen molar-refractivity contribution >= 4 is 18.1 Å². The molecule has 2 aromatic rings. The van der Waals surface area contributed by atoms with Gasteiger partial charge in [0.05, 0.1) is 0 Å². The van der Waals surface area contributed by atoms with Crippen molar-refractivity contribution in [1.82, 2.24) is 0 Å². The van der Waals surface area contributed by atoms with E-state index in [2.05, 4.69) is 0 Å². The Kier molecular flexibility index (Phi) is 4.77. The van der Waals surface area contributed by atoms with Crippen LogP contribution in [-0.4, -0.2) is 22.3 Å². The van der Waals surface area contributed by atoms with E-state index in [1.807, 2.05) is 0 Å². The molecule has 0 aliphatic heterocycles. The molecule has 0 aromatic heterocycles. The predicted molar refractivity (Wildman–Crippen MR) is 82.9 cm³/mol. The maximum absolute atomic E-state index is 11.4. The van der Waals surface area contributed by atoms with Gasteiger partial charge in [-0.3, -0.25) is 0 Å². The zero-order valence-electron chi connectivity index (χ0n) is 11.6. The third-order valence-corrected chi connectivity index (χ3v) is 2.77. The van der Waals surface area contributed by atoms with Gasteiger partial charge in [-0.05, 0) is 35.4 Å². The van der Waals surface area contributed by atoms with Crippen LogP contribution in [0.15, 0.2) is 42.5 Å². The first kappa shape index (κ1) is 15.6. The molecule has 0 bridgehead atoms. The van der Waals surface area contributed by atoms with Crippen molar-refractivity contribution < 1.29 is 19.7 Å². The Balaban J connectivity index is 2.19. The van der Waals surface area contributed by atoms with E-state index in [1.165, 1.54) is 12.1 Å². The molecular weight excluding hydrogens is 284 g/mol. The van der Waals surface area contributed by atoms with E-state index >= 15 is 0 Å². The highest BCUT2D eigenvalue weighted by Gasteiger charge is 2.11. The SMILES string of the molecule is NC(N)C(=O)Oc1cc(O)cc(/C=C/c2ccc(O)cc2)c1. The monoisotopic (exact) mass is 300 g/mol. The second-order valence-electron chi connectivity index (χ2n) is 4.63. The molecular formula is C16H16N2O4. The van der Waals surface area contributed by atoms with E-state index in [0.29, 0.717) is 5.56 Å². The number of benzene rings is 2. The van der Waals surface area contributed by atoms with Crippen molar-refractivity contribution in [3.05, 3.63) is 53.6 Å². The lowest BCUT2D eigenvalue weighted by atomic mass is 10.1. The van der Waals surface area contributed by atoms with E-state index in [1.54, 1.807) is 42.5 Å². The van der Waals surface area contributed by atoms with Crippen LogP contribution in [0.1, 0.15) is 11.1 Å². The van der Waals surface area contributed by atoms with Gasteiger partial charge in [0.2, 0.25) is 0 Å². The Labute approximate surface area is 127 Å². The molecule has 2 aromatic carbocycles. The molecule has 22 heavy (non-hydrogen) atoms. The zero-order chi connectivity index (χ0) is 16.1. The number of esters is 1. The highest BCUT2D eigenvalue weighted by atomic mass is 16.5. The highest BCUT2D eigenvalue weighted by molar-refractivity contribution is 5.78. The topological polar surface area (TPSA) is 119 Å². The molecule has 6 N–H and O–H groups in total.